The van der Waals surface area contributed by atoms with Gasteiger partial charge in [0.2, 0.25) is 5.69 Å². The summed E-state index contributed by atoms with van der Waals surface area (Å²) >= 11 is 0. The van der Waals surface area contributed by atoms with Gasteiger partial charge in [0.1, 0.15) is 0 Å². The van der Waals surface area contributed by atoms with E-state index >= 15 is 0 Å². The molecule has 0 fully saturated rings. The second-order valence-electron chi connectivity index (χ2n) is 13.9. The fourth-order valence-electron chi connectivity index (χ4n) is 8.74. The van der Waals surface area contributed by atoms with E-state index in [1.807, 2.05) is 18.2 Å². The third-order valence-electron chi connectivity index (χ3n) is 11.1. The summed E-state index contributed by atoms with van der Waals surface area (Å²) in [6, 6.07) is 61.2. The first-order chi connectivity index (χ1) is 27.2. The Bertz CT molecular complexity index is 3360. The van der Waals surface area contributed by atoms with Gasteiger partial charge in [-0.1, -0.05) is 103 Å². The maximum atomic E-state index is 8.30. The molecule has 11 rings (SSSR count). The number of hydrogen-bond donors (Lipinski definition) is 0. The van der Waals surface area contributed by atoms with Crippen LogP contribution in [0.15, 0.2) is 176 Å². The van der Waals surface area contributed by atoms with E-state index in [1.165, 1.54) is 21.5 Å². The van der Waals surface area contributed by atoms with Gasteiger partial charge in [0.25, 0.3) is 0 Å². The Hall–Kier alpha value is -7.86. The van der Waals surface area contributed by atoms with E-state index in [9.17, 15) is 0 Å². The average molecular weight is 700 g/mol. The van der Waals surface area contributed by atoms with Gasteiger partial charge in [-0.05, 0) is 89.3 Å². The molecule has 0 saturated heterocycles. The topological polar surface area (TPSA) is 23.5 Å². The summed E-state index contributed by atoms with van der Waals surface area (Å²) in [5.74, 6) is 0. The normalized spacial score (nSPS) is 11.6. The standard InChI is InChI=1S/C50H29N5/c1-51-34-26-28-46-40(31-34)50-48(23-12-24-49(50)55-44-21-9-5-17-38(44)39-18-6-10-22-45(39)55)53(46)35-14-11-13-32(29-35)33-25-27-47(41(30-33)52-2)54-42-19-7-3-15-36(42)37-16-4-8-20-43(37)54/h3-31H. The van der Waals surface area contributed by atoms with Crippen LogP contribution in [0.1, 0.15) is 0 Å². The first kappa shape index (κ1) is 30.7. The Morgan fingerprint density at radius 1 is 0.345 bits per heavy atom. The predicted molar refractivity (Wildman–Crippen MR) is 227 cm³/mol. The molecule has 3 heterocycles. The van der Waals surface area contributed by atoms with Crippen LogP contribution >= 0.6 is 0 Å². The molecule has 3 aromatic heterocycles. The molecule has 0 saturated carbocycles. The minimum Gasteiger partial charge on any atom is -0.319 e. The van der Waals surface area contributed by atoms with Crippen molar-refractivity contribution in [2.24, 2.45) is 0 Å². The number of nitrogens with zero attached hydrogens (tertiary/aromatic N) is 5. The van der Waals surface area contributed by atoms with Crippen molar-refractivity contribution in [3.05, 3.63) is 199 Å². The summed E-state index contributed by atoms with van der Waals surface area (Å²) in [6.45, 7) is 16.2. The highest BCUT2D eigenvalue weighted by Gasteiger charge is 2.21. The van der Waals surface area contributed by atoms with Crippen molar-refractivity contribution in [2.75, 3.05) is 0 Å². The molecule has 254 valence electrons. The van der Waals surface area contributed by atoms with Crippen molar-refractivity contribution in [3.8, 4) is 28.2 Å². The maximum Gasteiger partial charge on any atom is 0.211 e. The van der Waals surface area contributed by atoms with Crippen LogP contribution in [0.5, 0.6) is 0 Å². The maximum absolute atomic E-state index is 8.30. The van der Waals surface area contributed by atoms with Gasteiger partial charge in [-0.2, -0.15) is 0 Å². The van der Waals surface area contributed by atoms with Crippen molar-refractivity contribution in [3.63, 3.8) is 0 Å². The average Bonchev–Trinajstić information content (AvgIpc) is 3.89. The van der Waals surface area contributed by atoms with Crippen molar-refractivity contribution in [2.45, 2.75) is 0 Å². The lowest BCUT2D eigenvalue weighted by Gasteiger charge is -2.14. The first-order valence-corrected chi connectivity index (χ1v) is 18.3. The van der Waals surface area contributed by atoms with Crippen LogP contribution in [-0.4, -0.2) is 13.7 Å². The molecule has 55 heavy (non-hydrogen) atoms. The number of para-hydroxylation sites is 4. The van der Waals surface area contributed by atoms with Gasteiger partial charge in [-0.15, -0.1) is 0 Å². The molecule has 0 aliphatic carbocycles. The number of rotatable bonds is 4. The van der Waals surface area contributed by atoms with Crippen LogP contribution in [0, 0.1) is 13.1 Å². The molecular formula is C50H29N5. The zero-order valence-electron chi connectivity index (χ0n) is 29.5. The second-order valence-corrected chi connectivity index (χ2v) is 13.9. The van der Waals surface area contributed by atoms with Crippen LogP contribution < -0.4 is 0 Å². The third kappa shape index (κ3) is 4.45. The molecule has 11 aromatic rings. The van der Waals surface area contributed by atoms with Gasteiger partial charge in [-0.25, -0.2) is 9.69 Å². The molecule has 5 nitrogen and oxygen atoms in total. The number of aromatic nitrogens is 3. The molecule has 0 unspecified atom stereocenters. The summed E-state index contributed by atoms with van der Waals surface area (Å²) in [5.41, 5.74) is 12.6. The smallest absolute Gasteiger partial charge is 0.211 e. The summed E-state index contributed by atoms with van der Waals surface area (Å²) in [4.78, 5) is 7.91. The van der Waals surface area contributed by atoms with Crippen LogP contribution in [0.4, 0.5) is 11.4 Å². The van der Waals surface area contributed by atoms with E-state index < -0.39 is 0 Å². The number of hydrogen-bond acceptors (Lipinski definition) is 0. The fraction of sp³-hybridized carbons (Fsp3) is 0. The van der Waals surface area contributed by atoms with Crippen LogP contribution in [0.2, 0.25) is 0 Å². The molecule has 0 bridgehead atoms. The molecule has 0 aliphatic rings. The molecule has 0 amide bonds. The molecule has 5 heteroatoms. The van der Waals surface area contributed by atoms with Crippen LogP contribution in [-0.2, 0) is 0 Å². The Morgan fingerprint density at radius 2 is 0.873 bits per heavy atom. The molecule has 8 aromatic carbocycles. The van der Waals surface area contributed by atoms with Crippen LogP contribution in [0.25, 0.3) is 103 Å². The first-order valence-electron chi connectivity index (χ1n) is 18.3. The van der Waals surface area contributed by atoms with E-state index in [1.54, 1.807) is 0 Å². The van der Waals surface area contributed by atoms with Gasteiger partial charge >= 0.3 is 0 Å². The lowest BCUT2D eigenvalue weighted by atomic mass is 10.0. The van der Waals surface area contributed by atoms with E-state index in [2.05, 4.69) is 181 Å². The number of fused-ring (bicyclic) bond motifs is 9. The highest BCUT2D eigenvalue weighted by atomic mass is 15.0. The second kappa shape index (κ2) is 11.8. The zero-order chi connectivity index (χ0) is 36.6. The Balaban J connectivity index is 1.12. The van der Waals surface area contributed by atoms with Gasteiger partial charge in [0, 0.05) is 32.6 Å². The van der Waals surface area contributed by atoms with E-state index in [-0.39, 0.29) is 0 Å². The molecule has 0 radical (unpaired) electrons. The Kier molecular flexibility index (Phi) is 6.61. The Morgan fingerprint density at radius 3 is 1.47 bits per heavy atom. The fourth-order valence-corrected chi connectivity index (χ4v) is 8.74. The summed E-state index contributed by atoms with van der Waals surface area (Å²) < 4.78 is 6.88. The van der Waals surface area contributed by atoms with Crippen molar-refractivity contribution >= 4 is 76.8 Å². The zero-order valence-corrected chi connectivity index (χ0v) is 29.5. The lowest BCUT2D eigenvalue weighted by molar-refractivity contribution is 1.17. The summed E-state index contributed by atoms with van der Waals surface area (Å²) in [7, 11) is 0. The molecular weight excluding hydrogens is 671 g/mol. The predicted octanol–water partition coefficient (Wildman–Crippen LogP) is 13.7. The third-order valence-corrected chi connectivity index (χ3v) is 11.1. The molecule has 0 spiro atoms. The number of benzene rings is 8. The van der Waals surface area contributed by atoms with Crippen molar-refractivity contribution in [1.82, 2.24) is 13.7 Å². The minimum absolute atomic E-state index is 0.591. The molecule has 0 N–H and O–H groups in total. The molecule has 0 atom stereocenters. The van der Waals surface area contributed by atoms with E-state index in [4.69, 9.17) is 13.1 Å². The monoisotopic (exact) mass is 699 g/mol. The largest absolute Gasteiger partial charge is 0.319 e. The highest BCUT2D eigenvalue weighted by Crippen LogP contribution is 2.42. The minimum atomic E-state index is 0.591. The quantitative estimate of drug-likeness (QED) is 0.163. The van der Waals surface area contributed by atoms with Crippen molar-refractivity contribution < 1.29 is 0 Å². The van der Waals surface area contributed by atoms with Crippen molar-refractivity contribution in [1.29, 1.82) is 0 Å². The SMILES string of the molecule is [C-]#[N+]c1ccc2c(c1)c1c(-n3c4ccccc4c4ccccc43)cccc1n2-c1cccc(-c2ccc(-n3c4ccccc4c4ccccc43)c([N+]#[C-])c2)c1. The summed E-state index contributed by atoms with van der Waals surface area (Å²) in [5, 5.41) is 6.86. The van der Waals surface area contributed by atoms with Crippen LogP contribution in [0.3, 0.4) is 0 Å². The van der Waals surface area contributed by atoms with Gasteiger partial charge in [0.05, 0.1) is 57.6 Å². The van der Waals surface area contributed by atoms with Gasteiger partial charge in [-0.3, -0.25) is 0 Å². The summed E-state index contributed by atoms with van der Waals surface area (Å²) in [6.07, 6.45) is 0. The van der Waals surface area contributed by atoms with E-state index in [0.29, 0.717) is 11.4 Å². The highest BCUT2D eigenvalue weighted by molar-refractivity contribution is 6.17. The lowest BCUT2D eigenvalue weighted by Crippen LogP contribution is -1.97. The Labute approximate surface area is 316 Å². The van der Waals surface area contributed by atoms with Gasteiger partial charge in [0.15, 0.2) is 5.69 Å². The van der Waals surface area contributed by atoms with E-state index in [0.717, 1.165) is 72.1 Å². The van der Waals surface area contributed by atoms with Gasteiger partial charge < -0.3 is 13.7 Å². The molecule has 0 aliphatic heterocycles.